The predicted molar refractivity (Wildman–Crippen MR) is 71.1 cm³/mol. The number of carbonyl (C=O) groups excluding carboxylic acids is 1. The lowest BCUT2D eigenvalue weighted by atomic mass is 10.1. The molecule has 1 aromatic heterocycles. The number of ether oxygens (including phenoxy) is 1. The highest BCUT2D eigenvalue weighted by atomic mass is 17.0. The van der Waals surface area contributed by atoms with Gasteiger partial charge in [0, 0.05) is 19.1 Å². The van der Waals surface area contributed by atoms with E-state index < -0.39 is 0 Å². The third-order valence-electron chi connectivity index (χ3n) is 3.31. The Kier molecular flexibility index (Phi) is 2.08. The van der Waals surface area contributed by atoms with Crippen LogP contribution in [-0.2, 0) is 4.79 Å². The molecule has 0 bridgehead atoms. The van der Waals surface area contributed by atoms with E-state index in [4.69, 9.17) is 13.9 Å². The molecule has 0 radical (unpaired) electrons. The zero-order valence-corrected chi connectivity index (χ0v) is 10.8. The van der Waals surface area contributed by atoms with Crippen molar-refractivity contribution in [2.75, 3.05) is 4.90 Å². The molecule has 2 heterocycles. The summed E-state index contributed by atoms with van der Waals surface area (Å²) in [5.74, 6) is 0.130. The minimum absolute atomic E-state index is 0.00782. The summed E-state index contributed by atoms with van der Waals surface area (Å²) in [6, 6.07) is 5.74. The van der Waals surface area contributed by atoms with Crippen LogP contribution in [0.15, 0.2) is 33.4 Å². The number of hydrogen-bond acceptors (Lipinski definition) is 6. The van der Waals surface area contributed by atoms with Crippen molar-refractivity contribution in [2.45, 2.75) is 6.92 Å². The number of benzene rings is 2. The van der Waals surface area contributed by atoms with E-state index in [0.29, 0.717) is 17.1 Å². The molecule has 0 spiro atoms. The highest BCUT2D eigenvalue weighted by molar-refractivity contribution is 6.10. The van der Waals surface area contributed by atoms with E-state index in [1.807, 2.05) is 0 Å². The first kappa shape index (κ1) is 11.7. The number of aromatic hydroxyl groups is 2. The Morgan fingerprint density at radius 1 is 1.10 bits per heavy atom. The van der Waals surface area contributed by atoms with Crippen LogP contribution in [0.5, 0.6) is 23.0 Å². The lowest BCUT2D eigenvalue weighted by Crippen LogP contribution is -2.26. The van der Waals surface area contributed by atoms with Crippen LogP contribution in [0.4, 0.5) is 11.4 Å². The predicted octanol–water partition coefficient (Wildman–Crippen LogP) is 3.23. The Morgan fingerprint density at radius 2 is 1.86 bits per heavy atom. The molecular weight excluding hydrogens is 278 g/mol. The Balaban J connectivity index is 2.04. The minimum atomic E-state index is -0.269. The molecule has 0 unspecified atom stereocenters. The molecule has 0 saturated carbocycles. The van der Waals surface area contributed by atoms with Crippen LogP contribution in [-0.4, -0.2) is 16.1 Å². The van der Waals surface area contributed by atoms with Gasteiger partial charge in [0.15, 0.2) is 17.2 Å². The molecule has 1 aliphatic rings. The second kappa shape index (κ2) is 3.72. The molecule has 2 N–H and O–H groups in total. The van der Waals surface area contributed by atoms with Gasteiger partial charge in [-0.05, 0) is 12.1 Å². The number of anilines is 2. The van der Waals surface area contributed by atoms with E-state index in [-0.39, 0.29) is 34.3 Å². The molecule has 0 aliphatic carbocycles. The van der Waals surface area contributed by atoms with E-state index in [9.17, 15) is 15.0 Å². The number of amides is 1. The van der Waals surface area contributed by atoms with Crippen molar-refractivity contribution in [1.82, 2.24) is 0 Å². The van der Waals surface area contributed by atoms with E-state index in [2.05, 4.69) is 0 Å². The molecule has 3 aromatic rings. The Bertz CT molecular complexity index is 890. The number of phenolic OH excluding ortho intramolecular Hbond substituents is 2. The van der Waals surface area contributed by atoms with Crippen LogP contribution in [0.1, 0.15) is 6.92 Å². The van der Waals surface area contributed by atoms with Crippen molar-refractivity contribution in [1.29, 1.82) is 0 Å². The quantitative estimate of drug-likeness (QED) is 0.616. The highest BCUT2D eigenvalue weighted by Crippen LogP contribution is 2.53. The summed E-state index contributed by atoms with van der Waals surface area (Å²) < 4.78 is 15.3. The van der Waals surface area contributed by atoms with E-state index >= 15 is 0 Å². The van der Waals surface area contributed by atoms with Gasteiger partial charge in [-0.3, -0.25) is 18.8 Å². The first-order valence-electron chi connectivity index (χ1n) is 6.12. The van der Waals surface area contributed by atoms with E-state index in [0.717, 1.165) is 0 Å². The molecule has 7 heteroatoms. The standard InChI is InChI=1S/C14H9NO6/c1-6(16)15-8-3-2-7(17)4-10(8)19-11-5-9(18)13-14(12(11)15)21-20-13/h2-5,17-18H,1H3. The fraction of sp³-hybridized carbons (Fsp3) is 0.0714. The minimum Gasteiger partial charge on any atom is -0.508 e. The maximum atomic E-state index is 12.0. The van der Waals surface area contributed by atoms with Crippen molar-refractivity contribution >= 4 is 28.4 Å². The lowest BCUT2D eigenvalue weighted by molar-refractivity contribution is -0.115. The largest absolute Gasteiger partial charge is 0.508 e. The topological polar surface area (TPSA) is 96.3 Å². The maximum absolute atomic E-state index is 12.0. The van der Waals surface area contributed by atoms with Crippen molar-refractivity contribution in [2.24, 2.45) is 0 Å². The molecule has 4 rings (SSSR count). The van der Waals surface area contributed by atoms with Crippen LogP contribution in [0, 0.1) is 0 Å². The molecular formula is C14H9NO6. The number of nitrogens with zero attached hydrogens (tertiary/aromatic N) is 1. The van der Waals surface area contributed by atoms with Crippen molar-refractivity contribution < 1.29 is 28.9 Å². The number of fused-ring (bicyclic) bond motifs is 4. The maximum Gasteiger partial charge on any atom is 0.269 e. The van der Waals surface area contributed by atoms with Gasteiger partial charge in [0.05, 0.1) is 5.69 Å². The molecule has 0 atom stereocenters. The molecule has 1 aliphatic heterocycles. The molecule has 106 valence electrons. The summed E-state index contributed by atoms with van der Waals surface area (Å²) >= 11 is 0. The Hall–Kier alpha value is -3.09. The Morgan fingerprint density at radius 3 is 2.52 bits per heavy atom. The zero-order valence-electron chi connectivity index (χ0n) is 10.8. The molecule has 0 saturated heterocycles. The summed E-state index contributed by atoms with van der Waals surface area (Å²) in [7, 11) is 0. The van der Waals surface area contributed by atoms with Gasteiger partial charge in [-0.15, -0.1) is 0 Å². The van der Waals surface area contributed by atoms with Gasteiger partial charge in [-0.2, -0.15) is 0 Å². The average molecular weight is 287 g/mol. The molecule has 0 fully saturated rings. The highest BCUT2D eigenvalue weighted by Gasteiger charge is 2.34. The second-order valence-electron chi connectivity index (χ2n) is 4.68. The van der Waals surface area contributed by atoms with Gasteiger partial charge in [0.25, 0.3) is 11.2 Å². The van der Waals surface area contributed by atoms with Crippen LogP contribution >= 0.6 is 0 Å². The summed E-state index contributed by atoms with van der Waals surface area (Å²) in [5.41, 5.74) is 1.22. The van der Waals surface area contributed by atoms with E-state index in [1.165, 1.54) is 30.0 Å². The van der Waals surface area contributed by atoms with Crippen molar-refractivity contribution in [3.63, 3.8) is 0 Å². The number of rotatable bonds is 0. The van der Waals surface area contributed by atoms with Crippen molar-refractivity contribution in [3.8, 4) is 23.0 Å². The summed E-state index contributed by atoms with van der Waals surface area (Å²) in [6.07, 6.45) is 0. The second-order valence-corrected chi connectivity index (χ2v) is 4.68. The van der Waals surface area contributed by atoms with Crippen LogP contribution in [0.2, 0.25) is 0 Å². The van der Waals surface area contributed by atoms with Crippen molar-refractivity contribution in [3.05, 3.63) is 24.3 Å². The first-order valence-corrected chi connectivity index (χ1v) is 6.12. The smallest absolute Gasteiger partial charge is 0.269 e. The number of phenols is 2. The van der Waals surface area contributed by atoms with Gasteiger partial charge < -0.3 is 14.9 Å². The summed E-state index contributed by atoms with van der Waals surface area (Å²) in [4.78, 5) is 13.4. The third kappa shape index (κ3) is 1.45. The van der Waals surface area contributed by atoms with Gasteiger partial charge in [0.2, 0.25) is 5.91 Å². The normalized spacial score (nSPS) is 12.9. The molecule has 2 aromatic carbocycles. The number of carbonyl (C=O) groups is 1. The van der Waals surface area contributed by atoms with Gasteiger partial charge in [-0.1, -0.05) is 0 Å². The zero-order chi connectivity index (χ0) is 14.7. The number of hydrogen-bond donors (Lipinski definition) is 2. The fourth-order valence-electron chi connectivity index (χ4n) is 2.43. The monoisotopic (exact) mass is 287 g/mol. The third-order valence-corrected chi connectivity index (χ3v) is 3.31. The Labute approximate surface area is 117 Å². The van der Waals surface area contributed by atoms with Gasteiger partial charge >= 0.3 is 0 Å². The summed E-state index contributed by atoms with van der Waals surface area (Å²) in [6.45, 7) is 1.39. The van der Waals surface area contributed by atoms with Crippen LogP contribution < -0.4 is 9.64 Å². The molecule has 21 heavy (non-hydrogen) atoms. The SMILES string of the molecule is CC(=O)N1c2ccc(O)cc2Oc2cc(O)c3ooc3c21. The summed E-state index contributed by atoms with van der Waals surface area (Å²) in [5, 5.41) is 19.3. The first-order chi connectivity index (χ1) is 10.1. The average Bonchev–Trinajstić information content (AvgIpc) is 2.36. The van der Waals surface area contributed by atoms with Crippen LogP contribution in [0.25, 0.3) is 11.2 Å². The van der Waals surface area contributed by atoms with Gasteiger partial charge in [-0.25, -0.2) is 0 Å². The van der Waals surface area contributed by atoms with E-state index in [1.54, 1.807) is 6.07 Å². The molecule has 1 amide bonds. The molecule has 7 nitrogen and oxygen atoms in total. The lowest BCUT2D eigenvalue weighted by Gasteiger charge is -2.30. The van der Waals surface area contributed by atoms with Crippen LogP contribution in [0.3, 0.4) is 0 Å². The fourth-order valence-corrected chi connectivity index (χ4v) is 2.43. The van der Waals surface area contributed by atoms with Gasteiger partial charge in [0.1, 0.15) is 11.4 Å².